The SMILES string of the molecule is Cc1cc(-c2ccccc2)c(-n2c(-c3[c-]oc4ccc(C(C)C)cc34)nc3ccccc32)c(-c2ccccc2)c1.[2H]C([2H])([2H])c1ccc(-c2[c-]cccc2)nc1.[Ir]. The summed E-state index contributed by atoms with van der Waals surface area (Å²) in [6.07, 6.45) is 4.63. The molecule has 0 N–H and O–H groups in total. The Bertz CT molecular complexity index is 2700. The average Bonchev–Trinajstić information content (AvgIpc) is 3.83. The molecule has 0 bridgehead atoms. The summed E-state index contributed by atoms with van der Waals surface area (Å²) in [5, 5.41) is 1.03. The van der Waals surface area contributed by atoms with Crippen LogP contribution in [-0.2, 0) is 20.1 Å². The molecule has 0 aliphatic carbocycles. The van der Waals surface area contributed by atoms with Crippen molar-refractivity contribution in [3.63, 3.8) is 0 Å². The van der Waals surface area contributed by atoms with Crippen LogP contribution < -0.4 is 0 Å². The molecule has 0 spiro atoms. The number of nitrogens with zero attached hydrogens (tertiary/aromatic N) is 3. The van der Waals surface area contributed by atoms with Crippen LogP contribution in [0.2, 0.25) is 0 Å². The largest absolute Gasteiger partial charge is 0.557 e. The third kappa shape index (κ3) is 7.34. The van der Waals surface area contributed by atoms with Crippen molar-refractivity contribution in [2.24, 2.45) is 0 Å². The molecule has 4 nitrogen and oxygen atoms in total. The molecule has 3 aromatic heterocycles. The summed E-state index contributed by atoms with van der Waals surface area (Å²) in [6.45, 7) is 4.50. The maximum absolute atomic E-state index is 7.23. The topological polar surface area (TPSA) is 43.9 Å². The zero-order valence-corrected chi connectivity index (χ0v) is 32.6. The van der Waals surface area contributed by atoms with Crippen LogP contribution in [0, 0.1) is 26.1 Å². The molecule has 6 aromatic carbocycles. The van der Waals surface area contributed by atoms with Crippen molar-refractivity contribution in [2.45, 2.75) is 33.5 Å². The molecule has 0 unspecified atom stereocenters. The van der Waals surface area contributed by atoms with E-state index in [1.165, 1.54) is 17.3 Å². The fourth-order valence-corrected chi connectivity index (χ4v) is 6.74. The minimum atomic E-state index is -2.09. The van der Waals surface area contributed by atoms with Gasteiger partial charge in [0.2, 0.25) is 0 Å². The molecule has 9 rings (SSSR count). The molecule has 0 saturated heterocycles. The Morgan fingerprint density at radius 2 is 1.41 bits per heavy atom. The van der Waals surface area contributed by atoms with Gasteiger partial charge in [-0.2, -0.15) is 0 Å². The Balaban J connectivity index is 0.000000246. The normalized spacial score (nSPS) is 12.0. The van der Waals surface area contributed by atoms with E-state index < -0.39 is 6.85 Å². The third-order valence-corrected chi connectivity index (χ3v) is 9.38. The summed E-state index contributed by atoms with van der Waals surface area (Å²) < 4.78 is 30.0. The Labute approximate surface area is 334 Å². The zero-order chi connectivity index (χ0) is 38.8. The van der Waals surface area contributed by atoms with Gasteiger partial charge >= 0.3 is 0 Å². The molecule has 0 fully saturated rings. The number of furan rings is 1. The first-order chi connectivity index (χ1) is 27.2. The first kappa shape index (κ1) is 32.8. The molecule has 0 aliphatic heterocycles. The van der Waals surface area contributed by atoms with Gasteiger partial charge in [0, 0.05) is 53.4 Å². The predicted molar refractivity (Wildman–Crippen MR) is 218 cm³/mol. The molecule has 54 heavy (non-hydrogen) atoms. The fourth-order valence-electron chi connectivity index (χ4n) is 6.74. The van der Waals surface area contributed by atoms with Crippen molar-refractivity contribution < 1.29 is 28.6 Å². The first-order valence-electron chi connectivity index (χ1n) is 19.3. The van der Waals surface area contributed by atoms with E-state index in [1.54, 1.807) is 18.2 Å². The number of pyridine rings is 1. The quantitative estimate of drug-likeness (QED) is 0.156. The van der Waals surface area contributed by atoms with Crippen LogP contribution in [0.1, 0.15) is 40.6 Å². The maximum Gasteiger partial charge on any atom is 0.0774 e. The number of imidazole rings is 1. The molecule has 267 valence electrons. The van der Waals surface area contributed by atoms with E-state index in [0.29, 0.717) is 5.92 Å². The van der Waals surface area contributed by atoms with Gasteiger partial charge in [0.1, 0.15) is 0 Å². The van der Waals surface area contributed by atoms with Gasteiger partial charge in [0.05, 0.1) is 22.5 Å². The van der Waals surface area contributed by atoms with Crippen molar-refractivity contribution in [1.29, 1.82) is 0 Å². The number of hydrogen-bond donors (Lipinski definition) is 0. The van der Waals surface area contributed by atoms with E-state index in [0.717, 1.165) is 72.6 Å². The summed E-state index contributed by atoms with van der Waals surface area (Å²) in [6, 6.07) is 54.4. The number of rotatable bonds is 6. The van der Waals surface area contributed by atoms with Crippen LogP contribution in [-0.4, -0.2) is 14.5 Å². The molecule has 0 atom stereocenters. The summed E-state index contributed by atoms with van der Waals surface area (Å²) in [5.41, 5.74) is 13.7. The van der Waals surface area contributed by atoms with Gasteiger partial charge in [0.15, 0.2) is 0 Å². The van der Waals surface area contributed by atoms with E-state index in [1.807, 2.05) is 30.3 Å². The monoisotopic (exact) mass is 881 g/mol. The molecule has 0 aliphatic rings. The second-order valence-electron chi connectivity index (χ2n) is 13.4. The van der Waals surface area contributed by atoms with Crippen LogP contribution in [0.5, 0.6) is 0 Å². The van der Waals surface area contributed by atoms with Gasteiger partial charge in [-0.25, -0.2) is 0 Å². The number of benzene rings is 6. The van der Waals surface area contributed by atoms with Crippen LogP contribution in [0.25, 0.3) is 72.6 Å². The molecule has 5 heteroatoms. The third-order valence-electron chi connectivity index (χ3n) is 9.38. The fraction of sp³-hybridized carbons (Fsp3) is 0.102. The molecule has 0 saturated carbocycles. The van der Waals surface area contributed by atoms with Gasteiger partial charge in [-0.1, -0.05) is 133 Å². The Kier molecular flexibility index (Phi) is 9.72. The molecular formula is C49H39IrN3O-2. The predicted octanol–water partition coefficient (Wildman–Crippen LogP) is 12.9. The summed E-state index contributed by atoms with van der Waals surface area (Å²) >= 11 is 0. The van der Waals surface area contributed by atoms with E-state index >= 15 is 0 Å². The number of fused-ring (bicyclic) bond motifs is 2. The minimum Gasteiger partial charge on any atom is -0.557 e. The number of aromatic nitrogens is 3. The van der Waals surface area contributed by atoms with E-state index in [2.05, 4.69) is 146 Å². The number of hydrogen-bond acceptors (Lipinski definition) is 3. The standard InChI is InChI=1S/C37H29N2O.C12H10N.Ir/c1-24(2)28-18-19-35-31(22-28)32(23-40-35)37-38-33-16-10-11-17-34(33)39(37)36-29(26-12-6-4-7-13-26)20-25(3)21-30(36)27-14-8-5-9-15-27;1-10-7-8-12(13-9-10)11-5-3-2-4-6-11;/h4-22,24H,1-3H3;2-5,7-9H,1H3;/q2*-1;/i;1D3;. The van der Waals surface area contributed by atoms with E-state index in [4.69, 9.17) is 13.5 Å². The van der Waals surface area contributed by atoms with Crippen LogP contribution in [0.15, 0.2) is 162 Å². The van der Waals surface area contributed by atoms with Crippen molar-refractivity contribution >= 4 is 22.0 Å². The van der Waals surface area contributed by atoms with Crippen LogP contribution >= 0.6 is 0 Å². The molecule has 0 amide bonds. The summed E-state index contributed by atoms with van der Waals surface area (Å²) in [4.78, 5) is 9.34. The van der Waals surface area contributed by atoms with Gasteiger partial charge in [0.25, 0.3) is 0 Å². The van der Waals surface area contributed by atoms with Crippen LogP contribution in [0.3, 0.4) is 0 Å². The van der Waals surface area contributed by atoms with Gasteiger partial charge < -0.3 is 14.0 Å². The average molecular weight is 881 g/mol. The number of para-hydroxylation sites is 2. The zero-order valence-electron chi connectivity index (χ0n) is 33.2. The minimum absolute atomic E-state index is 0. The van der Waals surface area contributed by atoms with Crippen molar-refractivity contribution in [1.82, 2.24) is 14.5 Å². The second kappa shape index (κ2) is 16.0. The maximum atomic E-state index is 7.23. The van der Waals surface area contributed by atoms with E-state index in [-0.39, 0.29) is 25.7 Å². The summed E-state index contributed by atoms with van der Waals surface area (Å²) in [5.74, 6) is 1.22. The molecule has 3 heterocycles. The van der Waals surface area contributed by atoms with Gasteiger partial charge in [-0.05, 0) is 71.9 Å². The first-order valence-corrected chi connectivity index (χ1v) is 17.8. The van der Waals surface area contributed by atoms with E-state index in [9.17, 15) is 0 Å². The van der Waals surface area contributed by atoms with Gasteiger partial charge in [-0.3, -0.25) is 4.98 Å². The van der Waals surface area contributed by atoms with Gasteiger partial charge in [-0.15, -0.1) is 35.9 Å². The Morgan fingerprint density at radius 3 is 2.04 bits per heavy atom. The van der Waals surface area contributed by atoms with Crippen molar-refractivity contribution in [3.8, 4) is 50.6 Å². The van der Waals surface area contributed by atoms with Crippen LogP contribution in [0.4, 0.5) is 0 Å². The van der Waals surface area contributed by atoms with Crippen molar-refractivity contribution in [2.75, 3.05) is 0 Å². The van der Waals surface area contributed by atoms with Crippen molar-refractivity contribution in [3.05, 3.63) is 187 Å². The smallest absolute Gasteiger partial charge is 0.0774 e. The summed E-state index contributed by atoms with van der Waals surface area (Å²) in [7, 11) is 0. The Hall–Kier alpha value is -5.87. The number of aryl methyl sites for hydroxylation is 2. The molecule has 9 aromatic rings. The Morgan fingerprint density at radius 1 is 0.722 bits per heavy atom. The second-order valence-corrected chi connectivity index (χ2v) is 13.4. The molecular weight excluding hydrogens is 839 g/mol. The molecule has 1 radical (unpaired) electrons.